The molecule has 5 heteroatoms. The van der Waals surface area contributed by atoms with Gasteiger partial charge < -0.3 is 10.2 Å². The minimum Gasteiger partial charge on any atom is -0.352 e. The first-order valence-corrected chi connectivity index (χ1v) is 12.9. The van der Waals surface area contributed by atoms with E-state index in [1.165, 1.54) is 29.7 Å². The van der Waals surface area contributed by atoms with E-state index >= 15 is 0 Å². The summed E-state index contributed by atoms with van der Waals surface area (Å²) in [6.45, 7) is 4.53. The Morgan fingerprint density at radius 1 is 1.03 bits per heavy atom. The van der Waals surface area contributed by atoms with E-state index in [-0.39, 0.29) is 17.9 Å². The number of nitrogens with zero attached hydrogens (tertiary/aromatic N) is 1. The van der Waals surface area contributed by atoms with Crippen molar-refractivity contribution >= 4 is 23.6 Å². The van der Waals surface area contributed by atoms with Crippen molar-refractivity contribution in [1.29, 1.82) is 0 Å². The zero-order chi connectivity index (χ0) is 22.8. The molecule has 2 amide bonds. The molecule has 0 radical (unpaired) electrons. The monoisotopic (exact) mass is 452 g/mol. The molecule has 0 aliphatic heterocycles. The van der Waals surface area contributed by atoms with Crippen LogP contribution in [0.3, 0.4) is 0 Å². The number of nitrogens with one attached hydrogen (secondary N) is 1. The van der Waals surface area contributed by atoms with Gasteiger partial charge in [-0.25, -0.2) is 0 Å². The van der Waals surface area contributed by atoms with Crippen molar-refractivity contribution in [3.05, 3.63) is 65.7 Å². The van der Waals surface area contributed by atoms with Crippen LogP contribution < -0.4 is 5.32 Å². The van der Waals surface area contributed by atoms with Crippen LogP contribution in [-0.2, 0) is 16.1 Å². The maximum Gasteiger partial charge on any atom is 0.243 e. The summed E-state index contributed by atoms with van der Waals surface area (Å²) in [5, 5.41) is 3.24. The first-order valence-electron chi connectivity index (χ1n) is 11.9. The predicted molar refractivity (Wildman–Crippen MR) is 133 cm³/mol. The maximum atomic E-state index is 13.3. The molecule has 1 N–H and O–H groups in total. The first-order chi connectivity index (χ1) is 15.6. The summed E-state index contributed by atoms with van der Waals surface area (Å²) in [4.78, 5) is 29.5. The van der Waals surface area contributed by atoms with E-state index in [4.69, 9.17) is 0 Å². The van der Waals surface area contributed by atoms with Crippen molar-refractivity contribution in [1.82, 2.24) is 10.2 Å². The second-order valence-electron chi connectivity index (χ2n) is 8.69. The Kier molecular flexibility index (Phi) is 9.66. The third kappa shape index (κ3) is 7.40. The average Bonchev–Trinajstić information content (AvgIpc) is 2.81. The van der Waals surface area contributed by atoms with Gasteiger partial charge in [0.2, 0.25) is 11.8 Å². The van der Waals surface area contributed by atoms with E-state index in [2.05, 4.69) is 36.5 Å². The number of amides is 2. The zero-order valence-corrected chi connectivity index (χ0v) is 20.2. The summed E-state index contributed by atoms with van der Waals surface area (Å²) in [6.07, 6.45) is 6.71. The van der Waals surface area contributed by atoms with Crippen LogP contribution in [0.15, 0.2) is 59.5 Å². The molecule has 2 aromatic carbocycles. The van der Waals surface area contributed by atoms with E-state index < -0.39 is 6.04 Å². The van der Waals surface area contributed by atoms with Gasteiger partial charge in [0.05, 0.1) is 0 Å². The minimum absolute atomic E-state index is 0.00475. The van der Waals surface area contributed by atoms with Crippen LogP contribution >= 0.6 is 11.8 Å². The Bertz CT molecular complexity index is 848. The number of benzene rings is 2. The second kappa shape index (κ2) is 12.7. The lowest BCUT2D eigenvalue weighted by atomic mass is 9.95. The molecule has 4 nitrogen and oxygen atoms in total. The van der Waals surface area contributed by atoms with Gasteiger partial charge in [-0.1, -0.05) is 74.2 Å². The minimum atomic E-state index is -0.436. The van der Waals surface area contributed by atoms with Crippen LogP contribution in [0.25, 0.3) is 0 Å². The summed E-state index contributed by atoms with van der Waals surface area (Å²) >= 11 is 1.69. The third-order valence-corrected chi connectivity index (χ3v) is 7.15. The highest BCUT2D eigenvalue weighted by atomic mass is 32.2. The van der Waals surface area contributed by atoms with E-state index in [1.54, 1.807) is 16.7 Å². The van der Waals surface area contributed by atoms with Crippen molar-refractivity contribution in [2.75, 3.05) is 5.75 Å². The van der Waals surface area contributed by atoms with Crippen LogP contribution in [-0.4, -0.2) is 34.6 Å². The number of hydrogen-bond donors (Lipinski definition) is 1. The summed E-state index contributed by atoms with van der Waals surface area (Å²) in [5.74, 6) is 0.738. The van der Waals surface area contributed by atoms with E-state index in [9.17, 15) is 9.59 Å². The first kappa shape index (κ1) is 24.4. The number of thioether (sulfide) groups is 1. The van der Waals surface area contributed by atoms with Crippen molar-refractivity contribution in [2.45, 2.75) is 82.3 Å². The highest BCUT2D eigenvalue weighted by molar-refractivity contribution is 7.99. The fourth-order valence-corrected chi connectivity index (χ4v) is 5.12. The molecule has 1 fully saturated rings. The lowest BCUT2D eigenvalue weighted by Crippen LogP contribution is -2.51. The predicted octanol–water partition coefficient (Wildman–Crippen LogP) is 5.73. The summed E-state index contributed by atoms with van der Waals surface area (Å²) < 4.78 is 0. The van der Waals surface area contributed by atoms with Crippen LogP contribution in [0, 0.1) is 6.92 Å². The van der Waals surface area contributed by atoms with Gasteiger partial charge in [-0.2, -0.15) is 0 Å². The second-order valence-corrected chi connectivity index (χ2v) is 9.85. The van der Waals surface area contributed by atoms with Crippen LogP contribution in [0.4, 0.5) is 0 Å². The number of rotatable bonds is 10. The van der Waals surface area contributed by atoms with E-state index in [1.807, 2.05) is 37.3 Å². The largest absolute Gasteiger partial charge is 0.352 e. The molecule has 0 spiro atoms. The van der Waals surface area contributed by atoms with E-state index in [0.29, 0.717) is 25.1 Å². The molecule has 0 heterocycles. The molecule has 172 valence electrons. The molecule has 0 unspecified atom stereocenters. The van der Waals surface area contributed by atoms with Gasteiger partial charge in [0, 0.05) is 29.7 Å². The Balaban J connectivity index is 1.66. The molecule has 2 aromatic rings. The van der Waals surface area contributed by atoms with Gasteiger partial charge in [0.15, 0.2) is 0 Å². The van der Waals surface area contributed by atoms with Gasteiger partial charge in [0.25, 0.3) is 0 Å². The molecule has 0 saturated heterocycles. The van der Waals surface area contributed by atoms with Crippen molar-refractivity contribution in [2.24, 2.45) is 0 Å². The van der Waals surface area contributed by atoms with Crippen LogP contribution in [0.1, 0.15) is 63.0 Å². The summed E-state index contributed by atoms with van der Waals surface area (Å²) in [5.41, 5.74) is 2.28. The topological polar surface area (TPSA) is 49.4 Å². The fourth-order valence-electron chi connectivity index (χ4n) is 4.28. The molecule has 1 saturated carbocycles. The Labute approximate surface area is 197 Å². The van der Waals surface area contributed by atoms with Crippen LogP contribution in [0.5, 0.6) is 0 Å². The lowest BCUT2D eigenvalue weighted by Gasteiger charge is -2.33. The smallest absolute Gasteiger partial charge is 0.243 e. The highest BCUT2D eigenvalue weighted by Crippen LogP contribution is 2.22. The Morgan fingerprint density at radius 2 is 1.72 bits per heavy atom. The van der Waals surface area contributed by atoms with Crippen molar-refractivity contribution < 1.29 is 9.59 Å². The third-order valence-electron chi connectivity index (χ3n) is 6.14. The van der Waals surface area contributed by atoms with Crippen molar-refractivity contribution in [3.8, 4) is 0 Å². The van der Waals surface area contributed by atoms with E-state index in [0.717, 1.165) is 18.4 Å². The molecule has 1 aliphatic rings. The molecule has 0 aromatic heterocycles. The summed E-state index contributed by atoms with van der Waals surface area (Å²) in [6, 6.07) is 18.2. The normalized spacial score (nSPS) is 15.2. The Morgan fingerprint density at radius 3 is 2.38 bits per heavy atom. The fraction of sp³-hybridized carbons (Fsp3) is 0.481. The van der Waals surface area contributed by atoms with Gasteiger partial charge in [-0.3, -0.25) is 9.59 Å². The standard InChI is InChI=1S/C27H36N2O2S/c1-3-25(27(31)28-23-12-8-5-9-13-23)29(20-22-10-6-4-7-11-22)26(30)18-19-32-24-16-14-21(2)15-17-24/h4,6-7,10-11,14-17,23,25H,3,5,8-9,12-13,18-20H2,1-2H3,(H,28,31)/t25-/m1/s1. The van der Waals surface area contributed by atoms with Gasteiger partial charge in [-0.15, -0.1) is 11.8 Å². The molecule has 0 bridgehead atoms. The zero-order valence-electron chi connectivity index (χ0n) is 19.4. The Hall–Kier alpha value is -2.27. The molecule has 1 aliphatic carbocycles. The number of carbonyl (C=O) groups excluding carboxylic acids is 2. The SMILES string of the molecule is CC[C@H](C(=O)NC1CCCCC1)N(Cc1ccccc1)C(=O)CCSc1ccc(C)cc1. The van der Waals surface area contributed by atoms with Gasteiger partial charge in [-0.05, 0) is 43.9 Å². The highest BCUT2D eigenvalue weighted by Gasteiger charge is 2.30. The molecule has 3 rings (SSSR count). The number of hydrogen-bond acceptors (Lipinski definition) is 3. The average molecular weight is 453 g/mol. The van der Waals surface area contributed by atoms with Crippen molar-refractivity contribution in [3.63, 3.8) is 0 Å². The summed E-state index contributed by atoms with van der Waals surface area (Å²) in [7, 11) is 0. The number of carbonyl (C=O) groups is 2. The molecular formula is C27H36N2O2S. The molecule has 1 atom stereocenters. The lowest BCUT2D eigenvalue weighted by molar-refractivity contribution is -0.141. The van der Waals surface area contributed by atoms with Gasteiger partial charge >= 0.3 is 0 Å². The quantitative estimate of drug-likeness (QED) is 0.468. The molecule has 32 heavy (non-hydrogen) atoms. The number of aryl methyl sites for hydroxylation is 1. The van der Waals surface area contributed by atoms with Crippen LogP contribution in [0.2, 0.25) is 0 Å². The van der Waals surface area contributed by atoms with Gasteiger partial charge in [0.1, 0.15) is 6.04 Å². The molecular weight excluding hydrogens is 416 g/mol. The maximum absolute atomic E-state index is 13.3.